The molecule has 1 saturated heterocycles. The maximum absolute atomic E-state index is 12.4. The van der Waals surface area contributed by atoms with Crippen LogP contribution in [0.4, 0.5) is 5.69 Å². The van der Waals surface area contributed by atoms with Gasteiger partial charge < -0.3 is 20.4 Å². The Kier molecular flexibility index (Phi) is 5.87. The van der Waals surface area contributed by atoms with Crippen LogP contribution in [0, 0.1) is 5.41 Å². The number of ether oxygens (including phenoxy) is 1. The first-order valence-corrected chi connectivity index (χ1v) is 11.2. The second-order valence-corrected chi connectivity index (χ2v) is 9.19. The van der Waals surface area contributed by atoms with Crippen LogP contribution >= 0.6 is 0 Å². The number of hydrogen-bond acceptors (Lipinski definition) is 5. The van der Waals surface area contributed by atoms with Gasteiger partial charge in [0, 0.05) is 67.3 Å². The number of hydrogen-bond donors (Lipinski definition) is 2. The van der Waals surface area contributed by atoms with Gasteiger partial charge in [0.05, 0.1) is 5.69 Å². The minimum atomic E-state index is 0.0648. The molecule has 1 saturated carbocycles. The summed E-state index contributed by atoms with van der Waals surface area (Å²) in [6.45, 7) is 9.98. The van der Waals surface area contributed by atoms with E-state index in [2.05, 4.69) is 31.0 Å². The molecular formula is C24H34N4O2. The number of amides is 1. The van der Waals surface area contributed by atoms with Gasteiger partial charge in [0.1, 0.15) is 11.9 Å². The maximum atomic E-state index is 12.4. The van der Waals surface area contributed by atoms with Gasteiger partial charge >= 0.3 is 0 Å². The van der Waals surface area contributed by atoms with Crippen LogP contribution in [0.1, 0.15) is 58.1 Å². The summed E-state index contributed by atoms with van der Waals surface area (Å²) < 4.78 is 6.58. The SMILES string of the molecule is CC(=O)N1c2ccc(/C(C=N)=C/NC3CC3)c(OC3CN(C(C)C)C3)c2CC[C@@H]1C. The van der Waals surface area contributed by atoms with Crippen molar-refractivity contribution in [2.24, 2.45) is 0 Å². The molecule has 4 rings (SSSR count). The van der Waals surface area contributed by atoms with Crippen LogP contribution in [0.5, 0.6) is 5.75 Å². The molecule has 162 valence electrons. The average Bonchev–Trinajstić information content (AvgIpc) is 3.48. The standard InChI is InChI=1S/C24H34N4O2/c1-15(2)27-13-20(14-27)30-24-21(18(11-25)12-26-19-6-7-19)9-10-23-22(24)8-5-16(3)28(23)17(4)29/h9-12,15-16,19-20,25-26H,5-8,13-14H2,1-4H3/b18-12+,25-11?/t16-/m0/s1. The number of rotatable bonds is 7. The largest absolute Gasteiger partial charge is 0.487 e. The average molecular weight is 411 g/mol. The molecular weight excluding hydrogens is 376 g/mol. The molecule has 0 radical (unpaired) electrons. The van der Waals surface area contributed by atoms with Crippen molar-refractivity contribution >= 4 is 23.4 Å². The molecule has 1 aromatic carbocycles. The summed E-state index contributed by atoms with van der Waals surface area (Å²) in [6, 6.07) is 5.28. The molecule has 0 spiro atoms. The normalized spacial score (nSPS) is 22.5. The first-order valence-electron chi connectivity index (χ1n) is 11.2. The number of allylic oxidation sites excluding steroid dienone is 1. The molecule has 2 N–H and O–H groups in total. The van der Waals surface area contributed by atoms with Crippen molar-refractivity contribution in [2.75, 3.05) is 18.0 Å². The van der Waals surface area contributed by atoms with Gasteiger partial charge in [-0.05, 0) is 58.6 Å². The van der Waals surface area contributed by atoms with E-state index in [1.54, 1.807) is 6.92 Å². The van der Waals surface area contributed by atoms with E-state index < -0.39 is 0 Å². The third-order valence-electron chi connectivity index (χ3n) is 6.50. The van der Waals surface area contributed by atoms with Crippen molar-refractivity contribution in [3.8, 4) is 5.75 Å². The van der Waals surface area contributed by atoms with E-state index in [4.69, 9.17) is 10.1 Å². The molecule has 2 fully saturated rings. The molecule has 30 heavy (non-hydrogen) atoms. The van der Waals surface area contributed by atoms with Crippen LogP contribution in [-0.4, -0.2) is 54.3 Å². The lowest BCUT2D eigenvalue weighted by Crippen LogP contribution is -2.56. The summed E-state index contributed by atoms with van der Waals surface area (Å²) in [5.41, 5.74) is 3.83. The number of carbonyl (C=O) groups excluding carboxylic acids is 1. The summed E-state index contributed by atoms with van der Waals surface area (Å²) in [4.78, 5) is 16.7. The number of nitrogens with one attached hydrogen (secondary N) is 2. The minimum absolute atomic E-state index is 0.0648. The van der Waals surface area contributed by atoms with E-state index in [0.717, 1.165) is 54.1 Å². The van der Waals surface area contributed by atoms with Crippen molar-refractivity contribution in [3.05, 3.63) is 29.5 Å². The van der Waals surface area contributed by atoms with Gasteiger partial charge in [0.25, 0.3) is 0 Å². The minimum Gasteiger partial charge on any atom is -0.487 e. The summed E-state index contributed by atoms with van der Waals surface area (Å²) in [5.74, 6) is 0.918. The molecule has 2 heterocycles. The lowest BCUT2D eigenvalue weighted by molar-refractivity contribution is -0.117. The third kappa shape index (κ3) is 4.10. The zero-order valence-corrected chi connectivity index (χ0v) is 18.6. The van der Waals surface area contributed by atoms with Crippen LogP contribution in [0.15, 0.2) is 18.3 Å². The highest BCUT2D eigenvalue weighted by Gasteiger charge is 2.34. The number of carbonyl (C=O) groups is 1. The molecule has 0 unspecified atom stereocenters. The molecule has 1 aromatic rings. The highest BCUT2D eigenvalue weighted by molar-refractivity contribution is 6.10. The predicted octanol–water partition coefficient (Wildman–Crippen LogP) is 3.59. The number of anilines is 1. The molecule has 6 heteroatoms. The van der Waals surface area contributed by atoms with Gasteiger partial charge in [-0.25, -0.2) is 0 Å². The fraction of sp³-hybridized carbons (Fsp3) is 0.583. The Balaban J connectivity index is 1.71. The molecule has 6 nitrogen and oxygen atoms in total. The van der Waals surface area contributed by atoms with Crippen LogP contribution < -0.4 is 15.0 Å². The van der Waals surface area contributed by atoms with Crippen LogP contribution in [0.2, 0.25) is 0 Å². The predicted molar refractivity (Wildman–Crippen MR) is 121 cm³/mol. The van der Waals surface area contributed by atoms with Gasteiger partial charge in [-0.15, -0.1) is 0 Å². The molecule has 0 bridgehead atoms. The lowest BCUT2D eigenvalue weighted by Gasteiger charge is -2.43. The molecule has 1 atom stereocenters. The van der Waals surface area contributed by atoms with Crippen molar-refractivity contribution in [2.45, 2.75) is 77.6 Å². The van der Waals surface area contributed by atoms with Crippen molar-refractivity contribution in [3.63, 3.8) is 0 Å². The summed E-state index contributed by atoms with van der Waals surface area (Å²) in [5, 5.41) is 11.4. The Morgan fingerprint density at radius 2 is 2.00 bits per heavy atom. The smallest absolute Gasteiger partial charge is 0.224 e. The van der Waals surface area contributed by atoms with Crippen LogP contribution in [0.3, 0.4) is 0 Å². The van der Waals surface area contributed by atoms with Crippen LogP contribution in [0.25, 0.3) is 5.57 Å². The third-order valence-corrected chi connectivity index (χ3v) is 6.50. The van der Waals surface area contributed by atoms with E-state index in [9.17, 15) is 4.79 Å². The van der Waals surface area contributed by atoms with Gasteiger partial charge in [-0.2, -0.15) is 0 Å². The van der Waals surface area contributed by atoms with Crippen molar-refractivity contribution in [1.82, 2.24) is 10.2 Å². The van der Waals surface area contributed by atoms with E-state index in [1.165, 1.54) is 19.1 Å². The van der Waals surface area contributed by atoms with E-state index in [1.807, 2.05) is 23.2 Å². The van der Waals surface area contributed by atoms with Gasteiger partial charge in [-0.1, -0.05) is 0 Å². The van der Waals surface area contributed by atoms with Gasteiger partial charge in [0.2, 0.25) is 5.91 Å². The van der Waals surface area contributed by atoms with E-state index in [-0.39, 0.29) is 18.1 Å². The number of likely N-dealkylation sites (tertiary alicyclic amines) is 1. The topological polar surface area (TPSA) is 68.7 Å². The number of fused-ring (bicyclic) bond motifs is 1. The Labute approximate surface area is 179 Å². The van der Waals surface area contributed by atoms with E-state index in [0.29, 0.717) is 12.1 Å². The second kappa shape index (κ2) is 8.42. The first-order chi connectivity index (χ1) is 14.4. The Morgan fingerprint density at radius 3 is 2.60 bits per heavy atom. The molecule has 3 aliphatic rings. The lowest BCUT2D eigenvalue weighted by atomic mass is 9.91. The van der Waals surface area contributed by atoms with Crippen LogP contribution in [-0.2, 0) is 11.2 Å². The summed E-state index contributed by atoms with van der Waals surface area (Å²) in [7, 11) is 0. The zero-order chi connectivity index (χ0) is 21.4. The number of benzene rings is 1. The van der Waals surface area contributed by atoms with Gasteiger partial charge in [-0.3, -0.25) is 9.69 Å². The van der Waals surface area contributed by atoms with Crippen molar-refractivity contribution in [1.29, 1.82) is 5.41 Å². The Bertz CT molecular complexity index is 853. The van der Waals surface area contributed by atoms with E-state index >= 15 is 0 Å². The molecule has 2 aliphatic heterocycles. The highest BCUT2D eigenvalue weighted by Crippen LogP contribution is 2.42. The monoisotopic (exact) mass is 410 g/mol. The molecule has 0 aromatic heterocycles. The highest BCUT2D eigenvalue weighted by atomic mass is 16.5. The summed E-state index contributed by atoms with van der Waals surface area (Å²) >= 11 is 0. The molecule has 1 amide bonds. The quantitative estimate of drug-likeness (QED) is 0.674. The second-order valence-electron chi connectivity index (χ2n) is 9.19. The Morgan fingerprint density at radius 1 is 1.27 bits per heavy atom. The van der Waals surface area contributed by atoms with Gasteiger partial charge in [0.15, 0.2) is 0 Å². The number of nitrogens with zero attached hydrogens (tertiary/aromatic N) is 2. The molecule has 1 aliphatic carbocycles. The summed E-state index contributed by atoms with van der Waals surface area (Å²) in [6.07, 6.45) is 7.67. The fourth-order valence-electron chi connectivity index (χ4n) is 4.43. The van der Waals surface area contributed by atoms with Crippen molar-refractivity contribution < 1.29 is 9.53 Å². The maximum Gasteiger partial charge on any atom is 0.224 e. The fourth-order valence-corrected chi connectivity index (χ4v) is 4.43. The Hall–Kier alpha value is -2.34. The first kappa shape index (κ1) is 20.9. The zero-order valence-electron chi connectivity index (χ0n) is 18.6.